The van der Waals surface area contributed by atoms with E-state index in [9.17, 15) is 0 Å². The highest BCUT2D eigenvalue weighted by molar-refractivity contribution is 5.51. The number of hydrogen-bond acceptors (Lipinski definition) is 3. The molecule has 0 aliphatic carbocycles. The fourth-order valence-electron chi connectivity index (χ4n) is 1.72. The van der Waals surface area contributed by atoms with E-state index >= 15 is 0 Å². The highest BCUT2D eigenvalue weighted by Gasteiger charge is 1.97. The van der Waals surface area contributed by atoms with Crippen LogP contribution >= 0.6 is 0 Å². The molecule has 108 valence electrons. The Balaban J connectivity index is 2.01. The molecule has 2 aromatic carbocycles. The van der Waals surface area contributed by atoms with Gasteiger partial charge >= 0.3 is 0 Å². The quantitative estimate of drug-likeness (QED) is 0.718. The van der Waals surface area contributed by atoms with Gasteiger partial charge in [0, 0.05) is 0 Å². The molecule has 0 heterocycles. The second-order valence-electron chi connectivity index (χ2n) is 4.32. The van der Waals surface area contributed by atoms with Crippen molar-refractivity contribution in [2.45, 2.75) is 0 Å². The van der Waals surface area contributed by atoms with Crippen molar-refractivity contribution in [3.63, 3.8) is 0 Å². The molecule has 3 heteroatoms. The van der Waals surface area contributed by atoms with E-state index in [1.54, 1.807) is 26.7 Å². The average Bonchev–Trinajstić information content (AvgIpc) is 2.53. The monoisotopic (exact) mass is 282 g/mol. The van der Waals surface area contributed by atoms with Crippen molar-refractivity contribution in [1.82, 2.24) is 0 Å². The molecule has 0 fully saturated rings. The van der Waals surface area contributed by atoms with Gasteiger partial charge in [-0.3, -0.25) is 0 Å². The highest BCUT2D eigenvalue weighted by Crippen LogP contribution is 2.22. The third-order valence-corrected chi connectivity index (χ3v) is 2.79. The number of methoxy groups -OCH3 is 2. The maximum absolute atomic E-state index is 5.79. The second-order valence-corrected chi connectivity index (χ2v) is 4.32. The Morgan fingerprint density at radius 3 is 1.33 bits per heavy atom. The minimum atomic E-state index is 0.796. The SMILES string of the molecule is COC=Cc1ccc(Oc2ccc(C=COC)cc2)cc1. The zero-order chi connectivity index (χ0) is 14.9. The lowest BCUT2D eigenvalue weighted by Gasteiger charge is -2.06. The van der Waals surface area contributed by atoms with E-state index in [4.69, 9.17) is 14.2 Å². The van der Waals surface area contributed by atoms with Crippen LogP contribution in [0.25, 0.3) is 12.2 Å². The summed E-state index contributed by atoms with van der Waals surface area (Å²) in [6, 6.07) is 15.6. The molecule has 0 aliphatic rings. The summed E-state index contributed by atoms with van der Waals surface area (Å²) in [4.78, 5) is 0. The van der Waals surface area contributed by atoms with E-state index in [1.165, 1.54) is 0 Å². The number of ether oxygens (including phenoxy) is 3. The van der Waals surface area contributed by atoms with Crippen molar-refractivity contribution in [2.24, 2.45) is 0 Å². The van der Waals surface area contributed by atoms with Crippen LogP contribution in [0.1, 0.15) is 11.1 Å². The van der Waals surface area contributed by atoms with Gasteiger partial charge < -0.3 is 14.2 Å². The summed E-state index contributed by atoms with van der Waals surface area (Å²) in [6.07, 6.45) is 7.06. The van der Waals surface area contributed by atoms with Crippen molar-refractivity contribution in [3.05, 3.63) is 72.2 Å². The molecule has 0 spiro atoms. The molecule has 0 bridgehead atoms. The standard InChI is InChI=1S/C18H18O3/c1-19-13-11-15-3-7-17(8-4-15)21-18-9-5-16(6-10-18)12-14-20-2/h3-14H,1-2H3. The van der Waals surface area contributed by atoms with Gasteiger partial charge in [-0.2, -0.15) is 0 Å². The van der Waals surface area contributed by atoms with Crippen molar-refractivity contribution >= 4 is 12.2 Å². The van der Waals surface area contributed by atoms with Crippen molar-refractivity contribution in [3.8, 4) is 11.5 Å². The minimum absolute atomic E-state index is 0.796. The van der Waals surface area contributed by atoms with Crippen LogP contribution in [0.5, 0.6) is 11.5 Å². The van der Waals surface area contributed by atoms with Gasteiger partial charge in [-0.05, 0) is 47.5 Å². The van der Waals surface area contributed by atoms with Crippen LogP contribution < -0.4 is 4.74 Å². The third kappa shape index (κ3) is 4.73. The zero-order valence-electron chi connectivity index (χ0n) is 12.2. The largest absolute Gasteiger partial charge is 0.504 e. The fraction of sp³-hybridized carbons (Fsp3) is 0.111. The first kappa shape index (κ1) is 14.7. The molecule has 0 saturated heterocycles. The molecule has 0 unspecified atom stereocenters. The second kappa shape index (κ2) is 7.80. The predicted molar refractivity (Wildman–Crippen MR) is 85.0 cm³/mol. The van der Waals surface area contributed by atoms with E-state index in [-0.39, 0.29) is 0 Å². The Hall–Kier alpha value is -2.68. The summed E-state index contributed by atoms with van der Waals surface area (Å²) in [5.41, 5.74) is 2.12. The molecule has 0 radical (unpaired) electrons. The third-order valence-electron chi connectivity index (χ3n) is 2.79. The van der Waals surface area contributed by atoms with Crippen LogP contribution in [0.3, 0.4) is 0 Å². The topological polar surface area (TPSA) is 27.7 Å². The molecule has 0 aromatic heterocycles. The minimum Gasteiger partial charge on any atom is -0.504 e. The molecule has 21 heavy (non-hydrogen) atoms. The summed E-state index contributed by atoms with van der Waals surface area (Å²) in [5, 5.41) is 0. The van der Waals surface area contributed by atoms with Gasteiger partial charge in [-0.1, -0.05) is 24.3 Å². The van der Waals surface area contributed by atoms with Gasteiger partial charge in [-0.15, -0.1) is 0 Å². The number of hydrogen-bond donors (Lipinski definition) is 0. The van der Waals surface area contributed by atoms with Crippen molar-refractivity contribution in [1.29, 1.82) is 0 Å². The number of benzene rings is 2. The van der Waals surface area contributed by atoms with E-state index in [0.717, 1.165) is 22.6 Å². The smallest absolute Gasteiger partial charge is 0.127 e. The Kier molecular flexibility index (Phi) is 5.47. The van der Waals surface area contributed by atoms with Gasteiger partial charge in [0.1, 0.15) is 11.5 Å². The first-order valence-electron chi connectivity index (χ1n) is 6.58. The molecule has 0 atom stereocenters. The first-order chi connectivity index (χ1) is 10.3. The molecular weight excluding hydrogens is 264 g/mol. The predicted octanol–water partition coefficient (Wildman–Crippen LogP) is 4.71. The van der Waals surface area contributed by atoms with E-state index in [1.807, 2.05) is 60.7 Å². The summed E-state index contributed by atoms with van der Waals surface area (Å²) in [7, 11) is 3.25. The van der Waals surface area contributed by atoms with Crippen LogP contribution in [-0.2, 0) is 9.47 Å². The first-order valence-corrected chi connectivity index (χ1v) is 6.58. The average molecular weight is 282 g/mol. The Morgan fingerprint density at radius 2 is 1.00 bits per heavy atom. The summed E-state index contributed by atoms with van der Waals surface area (Å²) >= 11 is 0. The van der Waals surface area contributed by atoms with E-state index < -0.39 is 0 Å². The van der Waals surface area contributed by atoms with E-state index in [0.29, 0.717) is 0 Å². The Morgan fingerprint density at radius 1 is 0.619 bits per heavy atom. The van der Waals surface area contributed by atoms with Gasteiger partial charge in [0.15, 0.2) is 0 Å². The summed E-state index contributed by atoms with van der Waals surface area (Å²) in [6.45, 7) is 0. The lowest BCUT2D eigenvalue weighted by atomic mass is 10.2. The maximum atomic E-state index is 5.79. The maximum Gasteiger partial charge on any atom is 0.127 e. The summed E-state index contributed by atoms with van der Waals surface area (Å²) < 4.78 is 15.6. The summed E-state index contributed by atoms with van der Waals surface area (Å²) in [5.74, 6) is 1.59. The van der Waals surface area contributed by atoms with Crippen molar-refractivity contribution < 1.29 is 14.2 Å². The number of rotatable bonds is 6. The molecular formula is C18H18O3. The van der Waals surface area contributed by atoms with Crippen LogP contribution in [0, 0.1) is 0 Å². The van der Waals surface area contributed by atoms with E-state index in [2.05, 4.69) is 0 Å². The molecule has 0 N–H and O–H groups in total. The molecule has 0 saturated carbocycles. The molecule has 0 amide bonds. The molecule has 3 nitrogen and oxygen atoms in total. The normalized spacial score (nSPS) is 11.0. The lowest BCUT2D eigenvalue weighted by Crippen LogP contribution is -1.84. The lowest BCUT2D eigenvalue weighted by molar-refractivity contribution is 0.341. The highest BCUT2D eigenvalue weighted by atomic mass is 16.5. The van der Waals surface area contributed by atoms with Crippen LogP contribution in [-0.4, -0.2) is 14.2 Å². The van der Waals surface area contributed by atoms with Crippen molar-refractivity contribution in [2.75, 3.05) is 14.2 Å². The Bertz CT molecular complexity index is 540. The van der Waals surface area contributed by atoms with Crippen LogP contribution in [0.15, 0.2) is 61.1 Å². The van der Waals surface area contributed by atoms with Crippen LogP contribution in [0.2, 0.25) is 0 Å². The molecule has 2 aromatic rings. The fourth-order valence-corrected chi connectivity index (χ4v) is 1.72. The molecule has 0 aliphatic heterocycles. The molecule has 2 rings (SSSR count). The van der Waals surface area contributed by atoms with Gasteiger partial charge in [-0.25, -0.2) is 0 Å². The van der Waals surface area contributed by atoms with Gasteiger partial charge in [0.05, 0.1) is 26.7 Å². The van der Waals surface area contributed by atoms with Gasteiger partial charge in [0.2, 0.25) is 0 Å². The van der Waals surface area contributed by atoms with Crippen LogP contribution in [0.4, 0.5) is 0 Å². The Labute approximate surface area is 125 Å². The van der Waals surface area contributed by atoms with Gasteiger partial charge in [0.25, 0.3) is 0 Å². The zero-order valence-corrected chi connectivity index (χ0v) is 12.2.